The van der Waals surface area contributed by atoms with Gasteiger partial charge in [0.25, 0.3) is 5.91 Å². The number of alkyl halides is 1. The third-order valence-corrected chi connectivity index (χ3v) is 5.06. The van der Waals surface area contributed by atoms with Gasteiger partial charge in [-0.15, -0.1) is 11.6 Å². The van der Waals surface area contributed by atoms with Crippen LogP contribution in [0.1, 0.15) is 24.2 Å². The highest BCUT2D eigenvalue weighted by atomic mass is 35.5. The van der Waals surface area contributed by atoms with Gasteiger partial charge in [-0.05, 0) is 26.0 Å². The van der Waals surface area contributed by atoms with Crippen molar-refractivity contribution in [3.63, 3.8) is 0 Å². The van der Waals surface area contributed by atoms with E-state index in [0.29, 0.717) is 11.3 Å². The Kier molecular flexibility index (Phi) is 3.25. The Morgan fingerprint density at radius 2 is 1.89 bits per heavy atom. The number of anilines is 1. The summed E-state index contributed by atoms with van der Waals surface area (Å²) in [5, 5.41) is 0. The minimum absolute atomic E-state index is 0.226. The second-order valence-corrected chi connectivity index (χ2v) is 6.16. The molecule has 18 heavy (non-hydrogen) atoms. The smallest absolute Gasteiger partial charge is 0.268 e. The Bertz CT molecular complexity index is 586. The number of halogens is 1. The van der Waals surface area contributed by atoms with Crippen molar-refractivity contribution in [2.24, 2.45) is 0 Å². The van der Waals surface area contributed by atoms with Crippen LogP contribution in [0.2, 0.25) is 0 Å². The van der Waals surface area contributed by atoms with E-state index in [1.807, 2.05) is 0 Å². The Balaban J connectivity index is 2.71. The number of carbonyl (C=O) groups excluding carboxylic acids is 1. The molecule has 98 valence electrons. The van der Waals surface area contributed by atoms with Gasteiger partial charge < -0.3 is 0 Å². The van der Waals surface area contributed by atoms with Crippen molar-refractivity contribution in [1.29, 1.82) is 0 Å². The third-order valence-electron chi connectivity index (χ3n) is 2.71. The van der Waals surface area contributed by atoms with E-state index >= 15 is 0 Å². The second kappa shape index (κ2) is 4.44. The first-order chi connectivity index (χ1) is 8.41. The molecule has 1 aromatic rings. The van der Waals surface area contributed by atoms with Gasteiger partial charge in [-0.25, -0.2) is 8.61 Å². The van der Waals surface area contributed by atoms with E-state index in [1.54, 1.807) is 38.1 Å². The van der Waals surface area contributed by atoms with Gasteiger partial charge in [0.05, 0.1) is 11.3 Å². The van der Waals surface area contributed by atoms with Crippen molar-refractivity contribution in [1.82, 2.24) is 4.31 Å². The highest BCUT2D eigenvalue weighted by molar-refractivity contribution is 7.91. The van der Waals surface area contributed by atoms with Gasteiger partial charge in [0.15, 0.2) is 0 Å². The highest BCUT2D eigenvalue weighted by Gasteiger charge is 2.42. The quantitative estimate of drug-likeness (QED) is 0.616. The Morgan fingerprint density at radius 3 is 2.44 bits per heavy atom. The van der Waals surface area contributed by atoms with Crippen LogP contribution >= 0.6 is 11.6 Å². The molecule has 5 nitrogen and oxygen atoms in total. The molecule has 0 saturated heterocycles. The minimum atomic E-state index is -3.89. The predicted octanol–water partition coefficient (Wildman–Crippen LogP) is 1.80. The molecule has 0 N–H and O–H groups in total. The van der Waals surface area contributed by atoms with Gasteiger partial charge in [0, 0.05) is 6.04 Å². The van der Waals surface area contributed by atoms with Gasteiger partial charge in [0.2, 0.25) is 0 Å². The lowest BCUT2D eigenvalue weighted by molar-refractivity contribution is 0.0831. The van der Waals surface area contributed by atoms with E-state index in [1.165, 1.54) is 0 Å². The molecule has 1 amide bonds. The van der Waals surface area contributed by atoms with Crippen LogP contribution in [0.25, 0.3) is 0 Å². The molecule has 0 spiro atoms. The number of hydrogen-bond acceptors (Lipinski definition) is 3. The molecule has 1 aliphatic heterocycles. The molecule has 1 aromatic carbocycles. The van der Waals surface area contributed by atoms with E-state index in [4.69, 9.17) is 11.6 Å². The van der Waals surface area contributed by atoms with Crippen LogP contribution in [0.15, 0.2) is 24.3 Å². The molecule has 1 heterocycles. The number of carbonyl (C=O) groups is 1. The van der Waals surface area contributed by atoms with Crippen LogP contribution in [0.3, 0.4) is 0 Å². The van der Waals surface area contributed by atoms with E-state index in [0.717, 1.165) is 8.61 Å². The Morgan fingerprint density at radius 1 is 1.28 bits per heavy atom. The maximum atomic E-state index is 12.3. The summed E-state index contributed by atoms with van der Waals surface area (Å²) in [6, 6.07) is 5.86. The lowest BCUT2D eigenvalue weighted by atomic mass is 10.1. The van der Waals surface area contributed by atoms with Gasteiger partial charge in [-0.2, -0.15) is 8.42 Å². The van der Waals surface area contributed by atoms with E-state index < -0.39 is 22.2 Å². The number of nitrogens with zero attached hydrogens (tertiary/aromatic N) is 2. The summed E-state index contributed by atoms with van der Waals surface area (Å²) < 4.78 is 26.5. The van der Waals surface area contributed by atoms with E-state index in [-0.39, 0.29) is 6.00 Å². The average molecular weight is 289 g/mol. The molecule has 2 rings (SSSR count). The van der Waals surface area contributed by atoms with Crippen molar-refractivity contribution >= 4 is 33.4 Å². The molecule has 0 fully saturated rings. The minimum Gasteiger partial charge on any atom is -0.268 e. The average Bonchev–Trinajstić information content (AvgIpc) is 2.28. The monoisotopic (exact) mass is 288 g/mol. The van der Waals surface area contributed by atoms with Crippen molar-refractivity contribution in [2.45, 2.75) is 19.9 Å². The molecule has 0 atom stereocenters. The molecular weight excluding hydrogens is 276 g/mol. The summed E-state index contributed by atoms with van der Waals surface area (Å²) in [5.74, 6) is -0.512. The molecule has 0 radical (unpaired) electrons. The molecule has 0 bridgehead atoms. The lowest BCUT2D eigenvalue weighted by Gasteiger charge is -2.37. The van der Waals surface area contributed by atoms with Crippen LogP contribution in [0.5, 0.6) is 0 Å². The van der Waals surface area contributed by atoms with E-state index in [9.17, 15) is 13.2 Å². The fourth-order valence-electron chi connectivity index (χ4n) is 1.95. The fourth-order valence-corrected chi connectivity index (χ4v) is 4.04. The lowest BCUT2D eigenvalue weighted by Crippen LogP contribution is -2.53. The van der Waals surface area contributed by atoms with Gasteiger partial charge in [0.1, 0.15) is 6.00 Å². The first-order valence-electron chi connectivity index (χ1n) is 5.42. The normalized spacial score (nSPS) is 18.1. The predicted molar refractivity (Wildman–Crippen MR) is 69.9 cm³/mol. The van der Waals surface area contributed by atoms with Gasteiger partial charge >= 0.3 is 10.2 Å². The van der Waals surface area contributed by atoms with Crippen molar-refractivity contribution < 1.29 is 13.2 Å². The van der Waals surface area contributed by atoms with Crippen LogP contribution < -0.4 is 4.31 Å². The molecular formula is C11H13ClN2O3S. The first kappa shape index (κ1) is 13.2. The summed E-state index contributed by atoms with van der Waals surface area (Å²) >= 11 is 5.72. The molecule has 0 aliphatic carbocycles. The SMILES string of the molecule is CC(C)N1C(=O)c2ccccc2N(CCl)S1(=O)=O. The molecule has 0 unspecified atom stereocenters. The summed E-state index contributed by atoms with van der Waals surface area (Å²) in [5.41, 5.74) is 0.677. The number of hydrogen-bond donors (Lipinski definition) is 0. The van der Waals surface area contributed by atoms with Crippen LogP contribution in [0, 0.1) is 0 Å². The van der Waals surface area contributed by atoms with Gasteiger partial charge in [-0.3, -0.25) is 4.79 Å². The van der Waals surface area contributed by atoms with Crippen LogP contribution in [0.4, 0.5) is 5.69 Å². The van der Waals surface area contributed by atoms with E-state index in [2.05, 4.69) is 0 Å². The van der Waals surface area contributed by atoms with Crippen LogP contribution in [-0.4, -0.2) is 30.7 Å². The summed E-state index contributed by atoms with van der Waals surface area (Å²) in [7, 11) is -3.89. The van der Waals surface area contributed by atoms with Crippen molar-refractivity contribution in [3.8, 4) is 0 Å². The fraction of sp³-hybridized carbons (Fsp3) is 0.364. The zero-order valence-corrected chi connectivity index (χ0v) is 11.6. The second-order valence-electron chi connectivity index (χ2n) is 4.19. The molecule has 0 saturated carbocycles. The standard InChI is InChI=1S/C11H13ClN2O3S/c1-8(2)14-11(15)9-5-3-4-6-10(9)13(7-12)18(14,16)17/h3-6,8H,7H2,1-2H3. The van der Waals surface area contributed by atoms with Crippen molar-refractivity contribution in [3.05, 3.63) is 29.8 Å². The summed E-state index contributed by atoms with van der Waals surface area (Å²) in [4.78, 5) is 12.2. The molecule has 7 heteroatoms. The first-order valence-corrected chi connectivity index (χ1v) is 7.36. The largest absolute Gasteiger partial charge is 0.330 e. The van der Waals surface area contributed by atoms with Crippen LogP contribution in [-0.2, 0) is 10.2 Å². The zero-order valence-electron chi connectivity index (χ0n) is 10.00. The Labute approximate surface area is 111 Å². The maximum Gasteiger partial charge on any atom is 0.330 e. The number of fused-ring (bicyclic) bond motifs is 1. The highest BCUT2D eigenvalue weighted by Crippen LogP contribution is 2.33. The molecule has 1 aliphatic rings. The Hall–Kier alpha value is -1.27. The number of rotatable bonds is 2. The summed E-state index contributed by atoms with van der Waals surface area (Å²) in [6.07, 6.45) is 0. The maximum absolute atomic E-state index is 12.3. The third kappa shape index (κ3) is 1.76. The number of benzene rings is 1. The zero-order chi connectivity index (χ0) is 13.5. The number of para-hydroxylation sites is 1. The van der Waals surface area contributed by atoms with Gasteiger partial charge in [-0.1, -0.05) is 12.1 Å². The number of amides is 1. The molecule has 0 aromatic heterocycles. The summed E-state index contributed by atoms with van der Waals surface area (Å²) in [6.45, 7) is 3.30. The van der Waals surface area contributed by atoms with Crippen molar-refractivity contribution in [2.75, 3.05) is 10.3 Å². The topological polar surface area (TPSA) is 57.7 Å².